The molecule has 13 N–H and O–H groups in total. The summed E-state index contributed by atoms with van der Waals surface area (Å²) in [5, 5.41) is 49.4. The fourth-order valence-corrected chi connectivity index (χ4v) is 14.2. The summed E-state index contributed by atoms with van der Waals surface area (Å²) in [4.78, 5) is 114. The molecule has 3 aromatic rings. The number of aromatic nitrogens is 1. The molecule has 16 atom stereocenters. The number of nitrogens with two attached hydrogens (primary N) is 3. The van der Waals surface area contributed by atoms with Gasteiger partial charge in [-0.2, -0.15) is 0 Å². The van der Waals surface area contributed by atoms with Crippen molar-refractivity contribution < 1.29 is 110 Å². The topological polar surface area (TPSA) is 503 Å². The third kappa shape index (κ3) is 43.2. The highest BCUT2D eigenvalue weighted by Crippen LogP contribution is 2.32. The van der Waals surface area contributed by atoms with Crippen molar-refractivity contribution in [1.82, 2.24) is 25.8 Å². The Labute approximate surface area is 730 Å². The number of nitrogens with zero attached hydrogens (tertiary/aromatic N) is 2. The summed E-state index contributed by atoms with van der Waals surface area (Å²) in [5.74, 6) is -1.85. The normalized spacial score (nSPS) is 25.3. The number of halogens is 2. The smallest absolute Gasteiger partial charge is 0.408 e. The van der Waals surface area contributed by atoms with E-state index < -0.39 is 87.5 Å². The number of benzene rings is 1. The minimum Gasteiger partial charge on any atom is -0.465 e. The van der Waals surface area contributed by atoms with Gasteiger partial charge in [-0.25, -0.2) is 38.4 Å². The number of esters is 3. The number of nitro groups is 1. The molecule has 11 rings (SSSR count). The van der Waals surface area contributed by atoms with Crippen LogP contribution in [-0.2, 0) is 52.1 Å². The first-order chi connectivity index (χ1) is 56.3. The maximum atomic E-state index is 12.2. The van der Waals surface area contributed by atoms with Gasteiger partial charge in [-0.15, -0.1) is 24.8 Å². The number of nitro benzene ring substituents is 1. The first-order valence-electron chi connectivity index (χ1n) is 41.6. The summed E-state index contributed by atoms with van der Waals surface area (Å²) < 4.78 is 61.8. The maximum Gasteiger partial charge on any atom is 0.408 e. The van der Waals surface area contributed by atoms with Crippen LogP contribution < -0.4 is 49.7 Å². The summed E-state index contributed by atoms with van der Waals surface area (Å²) in [5.41, 5.74) is 13.9. The van der Waals surface area contributed by atoms with Crippen LogP contribution in [0.25, 0.3) is 0 Å². The fraction of sp³-hybridized carbons (Fsp3) is 0.729. The first kappa shape index (κ1) is 112. The Bertz CT molecular complexity index is 3630. The number of hydrogen-bond acceptors (Lipinski definition) is 29. The number of carbonyl (C=O) groups excluding carboxylic acids is 7. The molecule has 698 valence electrons. The monoisotopic (exact) mass is 1780 g/mol. The zero-order chi connectivity index (χ0) is 90.3. The van der Waals surface area contributed by atoms with Crippen molar-refractivity contribution in [1.29, 1.82) is 0 Å². The Kier molecular flexibility index (Phi) is 51.7. The minimum absolute atomic E-state index is 0. The zero-order valence-electron chi connectivity index (χ0n) is 74.7. The summed E-state index contributed by atoms with van der Waals surface area (Å²) in [6.45, 7) is 21.8. The summed E-state index contributed by atoms with van der Waals surface area (Å²) >= 11 is 0. The molecule has 35 nitrogen and oxygen atoms in total. The Balaban J connectivity index is 0.000000702. The van der Waals surface area contributed by atoms with Gasteiger partial charge in [-0.3, -0.25) is 14.9 Å². The number of methoxy groups -OCH3 is 6. The van der Waals surface area contributed by atoms with Crippen LogP contribution >= 0.6 is 24.8 Å². The van der Waals surface area contributed by atoms with Gasteiger partial charge in [0, 0.05) is 64.9 Å². The fourth-order valence-electron chi connectivity index (χ4n) is 14.2. The molecule has 2 aromatic heterocycles. The van der Waals surface area contributed by atoms with Crippen LogP contribution in [0.5, 0.6) is 0 Å². The van der Waals surface area contributed by atoms with E-state index in [9.17, 15) is 63.5 Å². The molecule has 8 saturated carbocycles. The highest BCUT2D eigenvalue weighted by atomic mass is 35.5. The van der Waals surface area contributed by atoms with E-state index in [1.165, 1.54) is 75.8 Å². The molecular weight excluding hydrogens is 1630 g/mol. The summed E-state index contributed by atoms with van der Waals surface area (Å²) in [6, 6.07) is 11.4. The van der Waals surface area contributed by atoms with E-state index in [0.29, 0.717) is 37.1 Å². The minimum atomic E-state index is -0.681. The molecule has 8 aliphatic carbocycles. The van der Waals surface area contributed by atoms with Crippen LogP contribution in [0, 0.1) is 10.1 Å². The van der Waals surface area contributed by atoms with E-state index in [0.717, 1.165) is 128 Å². The van der Waals surface area contributed by atoms with Gasteiger partial charge in [0.1, 0.15) is 39.6 Å². The van der Waals surface area contributed by atoms with Crippen molar-refractivity contribution in [3.63, 3.8) is 0 Å². The van der Waals surface area contributed by atoms with E-state index >= 15 is 0 Å². The molecule has 8 fully saturated rings. The van der Waals surface area contributed by atoms with Crippen molar-refractivity contribution in [3.05, 3.63) is 109 Å². The van der Waals surface area contributed by atoms with Gasteiger partial charge >= 0.3 is 47.9 Å². The van der Waals surface area contributed by atoms with Crippen LogP contribution in [0.4, 0.5) is 24.9 Å². The van der Waals surface area contributed by atoms with Gasteiger partial charge in [-0.1, -0.05) is 0 Å². The Morgan fingerprint density at radius 2 is 0.770 bits per heavy atom. The molecular formula is C85H143Cl2N9O26. The van der Waals surface area contributed by atoms with E-state index in [-0.39, 0.29) is 113 Å². The van der Waals surface area contributed by atoms with Crippen molar-refractivity contribution in [2.45, 2.75) is 357 Å². The average molecular weight is 1780 g/mol. The van der Waals surface area contributed by atoms with Crippen molar-refractivity contribution in [2.24, 2.45) is 17.2 Å². The number of nitrogens with one attached hydrogen (secondary N) is 4. The van der Waals surface area contributed by atoms with Gasteiger partial charge in [0.25, 0.3) is 11.2 Å². The van der Waals surface area contributed by atoms with Crippen LogP contribution in [0.1, 0.15) is 274 Å². The molecule has 0 spiro atoms. The van der Waals surface area contributed by atoms with Gasteiger partial charge in [0.05, 0.1) is 104 Å². The number of non-ortho nitro benzene ring substituents is 1. The molecule has 2 heterocycles. The number of hydrogen-bond donors (Lipinski definition) is 10. The van der Waals surface area contributed by atoms with Crippen LogP contribution in [0.3, 0.4) is 0 Å². The van der Waals surface area contributed by atoms with Crippen LogP contribution in [0.15, 0.2) is 75.0 Å². The van der Waals surface area contributed by atoms with E-state index in [1.54, 1.807) is 66.0 Å². The third-order valence-electron chi connectivity index (χ3n) is 20.3. The largest absolute Gasteiger partial charge is 0.465 e. The quantitative estimate of drug-likeness (QED) is 0.0310. The van der Waals surface area contributed by atoms with Gasteiger partial charge < -0.3 is 115 Å². The zero-order valence-corrected chi connectivity index (χ0v) is 76.3. The lowest BCUT2D eigenvalue weighted by molar-refractivity contribution is -0.384. The maximum absolute atomic E-state index is 12.2. The van der Waals surface area contributed by atoms with Crippen LogP contribution in [0.2, 0.25) is 0 Å². The van der Waals surface area contributed by atoms with Crippen LogP contribution in [-0.4, -0.2) is 223 Å². The second kappa shape index (κ2) is 56.2. The Morgan fingerprint density at radius 1 is 0.426 bits per heavy atom. The average Bonchev–Trinajstić information content (AvgIpc) is 1.50. The summed E-state index contributed by atoms with van der Waals surface area (Å²) in [6.07, 6.45) is 23.8. The predicted molar refractivity (Wildman–Crippen MR) is 463 cm³/mol. The molecule has 8 aliphatic rings. The second-order valence-corrected chi connectivity index (χ2v) is 34.5. The highest BCUT2D eigenvalue weighted by molar-refractivity contribution is 5.90. The number of carbonyl (C=O) groups is 7. The van der Waals surface area contributed by atoms with Gasteiger partial charge in [-0.05, 0) is 274 Å². The molecule has 0 unspecified atom stereocenters. The molecule has 37 heteroatoms. The van der Waals surface area contributed by atoms with E-state index in [2.05, 4.69) is 35.2 Å². The van der Waals surface area contributed by atoms with Gasteiger partial charge in [0.2, 0.25) is 0 Å². The number of amides is 4. The Morgan fingerprint density at radius 3 is 1.11 bits per heavy atom. The lowest BCUT2D eigenvalue weighted by Crippen LogP contribution is -2.44. The standard InChI is InChI=1S/C17H22N2O6.C13H17NO4.C11H21NO3.2C10H19NO3.C7H6O4.2C6H13NO.C5H11NO.2ClH/c1-17(2,3)25-16(21)18-13-5-4-6-14(13)24-15(20)11-7-9-12(10-8-11)19(22)23;1-17-11-7-3-6-10(11)14-8-4-5-9(12(14)15)13(16)18-2;1-11(2,3)15-10(13)12-8-6-5-7-9(8)14-4;2*1-10(2,3)14-9(13)11-7-5-4-6-8(7)12;1-10-6(8)5-3-2-4-11-7(5)9;2*1-8-6-4-2-3-5(6)7;6-4-2-1-3-5(4)7;;/h7-10,13-14H,4-6H2,1-3H3,(H,18,21);4-5,8,10-11H,3,6-7H2,1-2H3;8-9H,5-7H2,1-4H3,(H,12,13);2*7-8,12H,4-6H2,1-3H3,(H,11,13);2-4H,1H3;2*5-6H,2-4,7H2,1H3;4-5,7H,1-3,6H2;2*1H/t13-,14+;10-,11+;8-,9+;7-,8+;7-,8-;;2*5-,6+;4-,5-;;/m00000.000../s1. The summed E-state index contributed by atoms with van der Waals surface area (Å²) in [7, 11) is 9.27. The number of aliphatic hydroxyl groups excluding tert-OH is 3. The number of aliphatic hydroxyl groups is 3. The number of alkyl carbamates (subject to hydrolysis) is 4. The van der Waals surface area contributed by atoms with E-state index in [4.69, 9.17) is 64.9 Å². The predicted octanol–water partition coefficient (Wildman–Crippen LogP) is 11.7. The van der Waals surface area contributed by atoms with Crippen molar-refractivity contribution in [2.75, 3.05) is 42.7 Å². The SMILES string of the molecule is CC(C)(C)OC(=O)N[C@H]1CCC[C@@H]1O.CC(C)(C)OC(=O)N[C@H]1CCC[C@H]1O.CC(C)(C)OC(=O)N[C@H]1CCC[C@H]1OC(=O)c1ccc([N+](=O)[O-])cc1.COC(=O)c1cccn([C@H]2CCC[C@H]2OC)c1=O.COC(=O)c1cccoc1=O.CO[C@@H]1CCC[C@@H]1N.CO[C@@H]1CCC[C@@H]1N.CO[C@@H]1CCC[C@@H]1NC(=O)OC(C)(C)C.Cl.Cl.N[C@H]1CCC[C@@H]1O. The first-order valence-corrected chi connectivity index (χ1v) is 41.6. The number of rotatable bonds is 14. The molecule has 0 aliphatic heterocycles. The van der Waals surface area contributed by atoms with Crippen molar-refractivity contribution >= 4 is 72.8 Å². The second-order valence-electron chi connectivity index (χ2n) is 34.5. The molecule has 0 radical (unpaired) electrons. The Hall–Kier alpha value is -7.81. The van der Waals surface area contributed by atoms with Gasteiger partial charge in [0.15, 0.2) is 0 Å². The highest BCUT2D eigenvalue weighted by Gasteiger charge is 2.36. The lowest BCUT2D eigenvalue weighted by atomic mass is 10.2. The molecule has 122 heavy (non-hydrogen) atoms. The number of pyridine rings is 1. The lowest BCUT2D eigenvalue weighted by Gasteiger charge is -2.24. The van der Waals surface area contributed by atoms with Crippen molar-refractivity contribution in [3.8, 4) is 0 Å². The number of ether oxygens (including phenoxy) is 11. The molecule has 0 bridgehead atoms. The molecule has 1 aromatic carbocycles. The molecule has 4 amide bonds. The van der Waals surface area contributed by atoms with E-state index in [1.807, 2.05) is 62.3 Å². The third-order valence-corrected chi connectivity index (χ3v) is 20.3. The molecule has 0 saturated heterocycles.